The summed E-state index contributed by atoms with van der Waals surface area (Å²) in [6, 6.07) is 12.1. The van der Waals surface area contributed by atoms with Crippen molar-refractivity contribution in [3.8, 4) is 23.2 Å². The molecular weight excluding hydrogens is 591 g/mol. The molecule has 1 saturated heterocycles. The van der Waals surface area contributed by atoms with Crippen LogP contribution in [0, 0.1) is 17.1 Å². The predicted octanol–water partition coefficient (Wildman–Crippen LogP) is 4.30. The summed E-state index contributed by atoms with van der Waals surface area (Å²) < 4.78 is 24.6. The molecular formula is C32H33FN10O3. The van der Waals surface area contributed by atoms with Crippen molar-refractivity contribution < 1.29 is 18.7 Å². The molecule has 1 aliphatic heterocycles. The molecule has 46 heavy (non-hydrogen) atoms. The molecule has 1 saturated carbocycles. The molecule has 6 rings (SSSR count). The molecule has 0 spiro atoms. The molecule has 0 bridgehead atoms. The number of aromatic nitrogens is 5. The Morgan fingerprint density at radius 1 is 0.978 bits per heavy atom. The van der Waals surface area contributed by atoms with E-state index in [0.717, 1.165) is 24.0 Å². The highest BCUT2D eigenvalue weighted by molar-refractivity contribution is 5.91. The maximum atomic E-state index is 14.3. The normalized spacial score (nSPS) is 17.7. The van der Waals surface area contributed by atoms with Gasteiger partial charge in [0.15, 0.2) is 0 Å². The van der Waals surface area contributed by atoms with E-state index in [1.165, 1.54) is 19.4 Å². The summed E-state index contributed by atoms with van der Waals surface area (Å²) in [5.74, 6) is 1.01. The van der Waals surface area contributed by atoms with Crippen LogP contribution >= 0.6 is 0 Å². The minimum absolute atomic E-state index is 0.0412. The first-order chi connectivity index (χ1) is 22.5. The van der Waals surface area contributed by atoms with Crippen molar-refractivity contribution >= 4 is 23.6 Å². The number of ether oxygens (including phenoxy) is 2. The molecule has 1 aliphatic carbocycles. The molecule has 3 aromatic heterocycles. The third-order valence-electron chi connectivity index (χ3n) is 8.03. The molecule has 2 amide bonds. The van der Waals surface area contributed by atoms with E-state index in [1.807, 2.05) is 6.07 Å². The molecule has 13 nitrogen and oxygen atoms in total. The van der Waals surface area contributed by atoms with E-state index in [9.17, 15) is 14.4 Å². The van der Waals surface area contributed by atoms with Gasteiger partial charge in [0.2, 0.25) is 5.95 Å². The zero-order valence-corrected chi connectivity index (χ0v) is 25.2. The molecule has 14 heteroatoms. The summed E-state index contributed by atoms with van der Waals surface area (Å²) in [5.41, 5.74) is 2.31. The van der Waals surface area contributed by atoms with Gasteiger partial charge < -0.3 is 25.4 Å². The fourth-order valence-corrected chi connectivity index (χ4v) is 5.44. The summed E-state index contributed by atoms with van der Waals surface area (Å²) in [7, 11) is 1.50. The van der Waals surface area contributed by atoms with E-state index in [2.05, 4.69) is 46.9 Å². The van der Waals surface area contributed by atoms with E-state index in [1.54, 1.807) is 47.8 Å². The van der Waals surface area contributed by atoms with Gasteiger partial charge in [0.25, 0.3) is 0 Å². The lowest BCUT2D eigenvalue weighted by atomic mass is 9.90. The van der Waals surface area contributed by atoms with Crippen LogP contribution in [0.4, 0.5) is 26.8 Å². The number of carbonyl (C=O) groups is 1. The van der Waals surface area contributed by atoms with Crippen LogP contribution in [0.5, 0.6) is 6.01 Å². The highest BCUT2D eigenvalue weighted by Crippen LogP contribution is 2.30. The highest BCUT2D eigenvalue weighted by atomic mass is 19.1. The molecule has 3 N–H and O–H groups in total. The summed E-state index contributed by atoms with van der Waals surface area (Å²) in [5, 5.41) is 19.0. The Balaban J connectivity index is 1.15. The van der Waals surface area contributed by atoms with E-state index in [-0.39, 0.29) is 42.5 Å². The zero-order chi connectivity index (χ0) is 31.9. The van der Waals surface area contributed by atoms with E-state index in [4.69, 9.17) is 9.47 Å². The van der Waals surface area contributed by atoms with Crippen LogP contribution in [0.1, 0.15) is 36.8 Å². The van der Waals surface area contributed by atoms with Crippen molar-refractivity contribution in [1.82, 2.24) is 30.2 Å². The van der Waals surface area contributed by atoms with Gasteiger partial charge in [0, 0.05) is 53.9 Å². The first-order valence-electron chi connectivity index (χ1n) is 15.0. The number of hydrogen-bond acceptors (Lipinski definition) is 11. The Bertz CT molecular complexity index is 1690. The topological polar surface area (TPSA) is 163 Å². The Hall–Kier alpha value is -5.42. The van der Waals surface area contributed by atoms with Crippen molar-refractivity contribution in [2.45, 2.75) is 50.4 Å². The monoisotopic (exact) mass is 624 g/mol. The predicted molar refractivity (Wildman–Crippen MR) is 168 cm³/mol. The van der Waals surface area contributed by atoms with Crippen molar-refractivity contribution in [3.63, 3.8) is 0 Å². The maximum absolute atomic E-state index is 14.3. The molecule has 4 aromatic rings. The van der Waals surface area contributed by atoms with Crippen LogP contribution in [0.2, 0.25) is 0 Å². The number of rotatable bonds is 10. The van der Waals surface area contributed by atoms with Gasteiger partial charge in [-0.25, -0.2) is 29.1 Å². The molecule has 236 valence electrons. The van der Waals surface area contributed by atoms with Crippen molar-refractivity contribution in [1.29, 1.82) is 5.26 Å². The number of amides is 2. The lowest BCUT2D eigenvalue weighted by molar-refractivity contribution is 0.0209. The number of urea groups is 1. The highest BCUT2D eigenvalue weighted by Gasteiger charge is 2.31. The first-order valence-corrected chi connectivity index (χ1v) is 15.0. The van der Waals surface area contributed by atoms with E-state index in [0.29, 0.717) is 54.8 Å². The largest absolute Gasteiger partial charge is 0.467 e. The number of nitrogens with one attached hydrogen (secondary N) is 3. The van der Waals surface area contributed by atoms with Crippen LogP contribution in [0.15, 0.2) is 61.2 Å². The average molecular weight is 625 g/mol. The van der Waals surface area contributed by atoms with Crippen LogP contribution in [0.25, 0.3) is 11.1 Å². The molecule has 1 aromatic carbocycles. The fourth-order valence-electron chi connectivity index (χ4n) is 5.44. The second-order valence-electron chi connectivity index (χ2n) is 11.1. The molecule has 0 atom stereocenters. The quantitative estimate of drug-likeness (QED) is 0.231. The fraction of sp³-hybridized carbons (Fsp3) is 0.344. The van der Waals surface area contributed by atoms with E-state index >= 15 is 0 Å². The van der Waals surface area contributed by atoms with Crippen molar-refractivity contribution in [3.05, 3.63) is 78.1 Å². The third kappa shape index (κ3) is 7.10. The van der Waals surface area contributed by atoms with Crippen LogP contribution in [-0.2, 0) is 11.3 Å². The van der Waals surface area contributed by atoms with Gasteiger partial charge in [-0.3, -0.25) is 4.90 Å². The van der Waals surface area contributed by atoms with Gasteiger partial charge in [-0.1, -0.05) is 18.2 Å². The lowest BCUT2D eigenvalue weighted by Crippen LogP contribution is -2.49. The SMILES string of the molecule is COc1ncc(-c2ccc(N(C(=O)NCc3ccccc3F)[C@H]3CC[C@H](Nc4ncc(C#N)c(NC5COC5)n4)CC3)nc2)cn1. The number of nitrogens with zero attached hydrogens (tertiary/aromatic N) is 7. The second kappa shape index (κ2) is 14.1. The van der Waals surface area contributed by atoms with Gasteiger partial charge in [-0.05, 0) is 43.9 Å². The Labute approximate surface area is 265 Å². The summed E-state index contributed by atoms with van der Waals surface area (Å²) >= 11 is 0. The van der Waals surface area contributed by atoms with Crippen LogP contribution < -0.4 is 25.6 Å². The van der Waals surface area contributed by atoms with Crippen LogP contribution in [0.3, 0.4) is 0 Å². The number of benzene rings is 1. The number of anilines is 3. The standard InChI is InChI=1S/C32H33FN10O3/c1-45-31-37-16-23(17-38-31)20-6-11-28(35-13-20)43(32(44)39-14-21-4-2-3-5-27(21)33)26-9-7-24(8-10-26)41-30-36-15-22(12-34)29(42-30)40-25-18-46-19-25/h2-6,11,13,15-17,24-26H,7-10,14,18-19H2,1H3,(H,39,44)(H2,36,40,41,42)/t24-,26-. The van der Waals surface area contributed by atoms with Crippen molar-refractivity contribution in [2.75, 3.05) is 35.9 Å². The van der Waals surface area contributed by atoms with E-state index < -0.39 is 0 Å². The Morgan fingerprint density at radius 3 is 2.39 bits per heavy atom. The Morgan fingerprint density at radius 2 is 1.74 bits per heavy atom. The molecule has 2 aliphatic rings. The second-order valence-corrected chi connectivity index (χ2v) is 11.1. The summed E-state index contributed by atoms with van der Waals surface area (Å²) in [6.07, 6.45) is 9.33. The number of pyridine rings is 1. The van der Waals surface area contributed by atoms with Crippen molar-refractivity contribution in [2.24, 2.45) is 0 Å². The maximum Gasteiger partial charge on any atom is 0.323 e. The van der Waals surface area contributed by atoms with Gasteiger partial charge in [-0.2, -0.15) is 10.2 Å². The van der Waals surface area contributed by atoms with Gasteiger partial charge in [0.1, 0.15) is 29.1 Å². The number of carbonyl (C=O) groups excluding carboxylic acids is 1. The third-order valence-corrected chi connectivity index (χ3v) is 8.03. The van der Waals surface area contributed by atoms with Crippen LogP contribution in [-0.4, -0.2) is 69.4 Å². The first kappa shape index (κ1) is 30.6. The number of hydrogen-bond donors (Lipinski definition) is 3. The van der Waals surface area contributed by atoms with Gasteiger partial charge in [0.05, 0.1) is 32.6 Å². The average Bonchev–Trinajstić information content (AvgIpc) is 3.07. The minimum atomic E-state index is -0.380. The summed E-state index contributed by atoms with van der Waals surface area (Å²) in [6.45, 7) is 1.18. The van der Waals surface area contributed by atoms with Gasteiger partial charge in [-0.15, -0.1) is 0 Å². The number of halogens is 1. The lowest BCUT2D eigenvalue weighted by Gasteiger charge is -2.36. The minimum Gasteiger partial charge on any atom is -0.467 e. The molecule has 0 unspecified atom stereocenters. The number of nitriles is 1. The molecule has 2 fully saturated rings. The molecule has 0 radical (unpaired) electrons. The summed E-state index contributed by atoms with van der Waals surface area (Å²) in [4.78, 5) is 37.2. The smallest absolute Gasteiger partial charge is 0.323 e. The molecule has 4 heterocycles. The number of methoxy groups -OCH3 is 1. The van der Waals surface area contributed by atoms with Gasteiger partial charge >= 0.3 is 12.0 Å². The zero-order valence-electron chi connectivity index (χ0n) is 25.2. The Kier molecular flexibility index (Phi) is 9.40.